The fraction of sp³-hybridized carbons (Fsp3) is 0.500. The summed E-state index contributed by atoms with van der Waals surface area (Å²) in [5.41, 5.74) is 5.17. The van der Waals surface area contributed by atoms with Crippen LogP contribution in [0.5, 0.6) is 0 Å². The molecule has 1 aromatic rings. The highest BCUT2D eigenvalue weighted by atomic mass is 19.3. The maximum atomic E-state index is 12.8. The summed E-state index contributed by atoms with van der Waals surface area (Å²) >= 11 is 0. The SMILES string of the molecule is N[C@H](c1ccc(CO)o1)C(F)(F)CO. The predicted molar refractivity (Wildman–Crippen MR) is 43.6 cm³/mol. The third kappa shape index (κ3) is 2.09. The lowest BCUT2D eigenvalue weighted by molar-refractivity contribution is -0.0757. The first-order valence-corrected chi connectivity index (χ1v) is 3.95. The molecule has 0 aliphatic rings. The van der Waals surface area contributed by atoms with Crippen LogP contribution in [-0.4, -0.2) is 22.7 Å². The third-order valence-corrected chi connectivity index (χ3v) is 1.81. The molecule has 0 saturated heterocycles. The van der Waals surface area contributed by atoms with E-state index in [2.05, 4.69) is 0 Å². The van der Waals surface area contributed by atoms with Gasteiger partial charge in [0.1, 0.15) is 30.8 Å². The summed E-state index contributed by atoms with van der Waals surface area (Å²) in [5, 5.41) is 17.0. The van der Waals surface area contributed by atoms with E-state index in [0.717, 1.165) is 0 Å². The van der Waals surface area contributed by atoms with Crippen LogP contribution in [0.15, 0.2) is 16.5 Å². The Balaban J connectivity index is 2.83. The minimum atomic E-state index is -3.43. The fourth-order valence-electron chi connectivity index (χ4n) is 0.953. The molecule has 0 amide bonds. The Bertz CT molecular complexity index is 301. The first-order valence-electron chi connectivity index (χ1n) is 3.95. The number of hydrogen-bond donors (Lipinski definition) is 3. The van der Waals surface area contributed by atoms with Gasteiger partial charge in [-0.25, -0.2) is 8.78 Å². The van der Waals surface area contributed by atoms with Gasteiger partial charge in [0.2, 0.25) is 0 Å². The molecule has 0 unspecified atom stereocenters. The van der Waals surface area contributed by atoms with Crippen molar-refractivity contribution in [1.82, 2.24) is 0 Å². The van der Waals surface area contributed by atoms with Crippen LogP contribution in [0, 0.1) is 0 Å². The molecule has 14 heavy (non-hydrogen) atoms. The van der Waals surface area contributed by atoms with Crippen LogP contribution < -0.4 is 5.73 Å². The van der Waals surface area contributed by atoms with Crippen molar-refractivity contribution in [2.45, 2.75) is 18.6 Å². The number of nitrogens with two attached hydrogens (primary N) is 1. The van der Waals surface area contributed by atoms with Crippen LogP contribution in [0.2, 0.25) is 0 Å². The van der Waals surface area contributed by atoms with E-state index in [-0.39, 0.29) is 18.1 Å². The van der Waals surface area contributed by atoms with Gasteiger partial charge in [-0.1, -0.05) is 0 Å². The standard InChI is InChI=1S/C8H11F2NO3/c9-8(10,4-13)7(11)6-2-1-5(3-12)14-6/h1-2,7,12-13H,3-4,11H2/t7-/m1/s1. The number of aliphatic hydroxyl groups is 2. The molecule has 0 radical (unpaired) electrons. The average molecular weight is 207 g/mol. The average Bonchev–Trinajstić information content (AvgIpc) is 2.64. The van der Waals surface area contributed by atoms with Gasteiger partial charge >= 0.3 is 0 Å². The highest BCUT2D eigenvalue weighted by Crippen LogP contribution is 2.29. The summed E-state index contributed by atoms with van der Waals surface area (Å²) in [6.45, 7) is -1.72. The van der Waals surface area contributed by atoms with Crippen LogP contribution in [0.25, 0.3) is 0 Å². The van der Waals surface area contributed by atoms with Crippen molar-refractivity contribution in [2.75, 3.05) is 6.61 Å². The summed E-state index contributed by atoms with van der Waals surface area (Å²) in [5.74, 6) is -3.43. The maximum Gasteiger partial charge on any atom is 0.292 e. The Morgan fingerprint density at radius 1 is 1.43 bits per heavy atom. The van der Waals surface area contributed by atoms with Crippen molar-refractivity contribution in [3.63, 3.8) is 0 Å². The second-order valence-corrected chi connectivity index (χ2v) is 2.86. The molecular formula is C8H11F2NO3. The summed E-state index contributed by atoms with van der Waals surface area (Å²) in [6, 6.07) is 0.899. The van der Waals surface area contributed by atoms with E-state index < -0.39 is 18.6 Å². The van der Waals surface area contributed by atoms with E-state index in [0.29, 0.717) is 0 Å². The molecule has 6 heteroatoms. The van der Waals surface area contributed by atoms with Gasteiger partial charge in [-0.05, 0) is 12.1 Å². The van der Waals surface area contributed by atoms with Gasteiger partial charge in [0.15, 0.2) is 0 Å². The molecular weight excluding hydrogens is 196 g/mol. The number of furan rings is 1. The Kier molecular flexibility index (Phi) is 3.20. The predicted octanol–water partition coefficient (Wildman–Crippen LogP) is 0.399. The lowest BCUT2D eigenvalue weighted by Crippen LogP contribution is -2.35. The second kappa shape index (κ2) is 4.04. The molecule has 1 atom stereocenters. The van der Waals surface area contributed by atoms with Crippen LogP contribution >= 0.6 is 0 Å². The molecule has 80 valence electrons. The van der Waals surface area contributed by atoms with Crippen molar-refractivity contribution >= 4 is 0 Å². The Morgan fingerprint density at radius 2 is 2.07 bits per heavy atom. The molecule has 0 aromatic carbocycles. The molecule has 4 nitrogen and oxygen atoms in total. The Labute approximate surface area is 78.9 Å². The monoisotopic (exact) mass is 207 g/mol. The van der Waals surface area contributed by atoms with Gasteiger partial charge in [-0.15, -0.1) is 0 Å². The van der Waals surface area contributed by atoms with Gasteiger partial charge in [-0.2, -0.15) is 0 Å². The first-order chi connectivity index (χ1) is 6.51. The summed E-state index contributed by atoms with van der Waals surface area (Å²) in [7, 11) is 0. The minimum Gasteiger partial charge on any atom is -0.462 e. The largest absolute Gasteiger partial charge is 0.462 e. The number of rotatable bonds is 4. The zero-order valence-electron chi connectivity index (χ0n) is 7.28. The quantitative estimate of drug-likeness (QED) is 0.667. The molecule has 0 aliphatic heterocycles. The first kappa shape index (κ1) is 11.1. The van der Waals surface area contributed by atoms with Gasteiger partial charge in [-0.3, -0.25) is 0 Å². The van der Waals surface area contributed by atoms with Crippen molar-refractivity contribution < 1.29 is 23.4 Å². The van der Waals surface area contributed by atoms with E-state index in [9.17, 15) is 8.78 Å². The number of halogens is 2. The molecule has 1 rings (SSSR count). The Hall–Kier alpha value is -0.980. The van der Waals surface area contributed by atoms with E-state index in [1.54, 1.807) is 0 Å². The van der Waals surface area contributed by atoms with Crippen LogP contribution in [-0.2, 0) is 6.61 Å². The Morgan fingerprint density at radius 3 is 2.50 bits per heavy atom. The molecule has 0 aliphatic carbocycles. The highest BCUT2D eigenvalue weighted by Gasteiger charge is 2.39. The number of alkyl halides is 2. The molecule has 0 fully saturated rings. The van der Waals surface area contributed by atoms with Crippen molar-refractivity contribution in [3.8, 4) is 0 Å². The summed E-state index contributed by atoms with van der Waals surface area (Å²) < 4.78 is 30.5. The smallest absolute Gasteiger partial charge is 0.292 e. The van der Waals surface area contributed by atoms with E-state index in [1.165, 1.54) is 12.1 Å². The van der Waals surface area contributed by atoms with Crippen LogP contribution in [0.1, 0.15) is 17.6 Å². The van der Waals surface area contributed by atoms with Gasteiger partial charge < -0.3 is 20.4 Å². The van der Waals surface area contributed by atoms with Crippen molar-refractivity contribution in [2.24, 2.45) is 5.73 Å². The normalized spacial score (nSPS) is 14.4. The van der Waals surface area contributed by atoms with Crippen molar-refractivity contribution in [1.29, 1.82) is 0 Å². The zero-order chi connectivity index (χ0) is 10.8. The van der Waals surface area contributed by atoms with Gasteiger partial charge in [0.05, 0.1) is 0 Å². The van der Waals surface area contributed by atoms with E-state index >= 15 is 0 Å². The lowest BCUT2D eigenvalue weighted by atomic mass is 10.1. The summed E-state index contributed by atoms with van der Waals surface area (Å²) in [6.07, 6.45) is 0. The number of hydrogen-bond acceptors (Lipinski definition) is 4. The number of aliphatic hydroxyl groups excluding tert-OH is 2. The van der Waals surface area contributed by atoms with Crippen molar-refractivity contribution in [3.05, 3.63) is 23.7 Å². The fourth-order valence-corrected chi connectivity index (χ4v) is 0.953. The molecule has 0 bridgehead atoms. The van der Waals surface area contributed by atoms with Crippen LogP contribution in [0.3, 0.4) is 0 Å². The maximum absolute atomic E-state index is 12.8. The van der Waals surface area contributed by atoms with Gasteiger partial charge in [0, 0.05) is 0 Å². The van der Waals surface area contributed by atoms with Gasteiger partial charge in [0.25, 0.3) is 5.92 Å². The molecule has 1 aromatic heterocycles. The summed E-state index contributed by atoms with van der Waals surface area (Å²) in [4.78, 5) is 0. The minimum absolute atomic E-state index is 0.157. The molecule has 4 N–H and O–H groups in total. The highest BCUT2D eigenvalue weighted by molar-refractivity contribution is 5.12. The third-order valence-electron chi connectivity index (χ3n) is 1.81. The van der Waals surface area contributed by atoms with Crippen LogP contribution in [0.4, 0.5) is 8.78 Å². The van der Waals surface area contributed by atoms with E-state index in [4.69, 9.17) is 20.4 Å². The molecule has 1 heterocycles. The topological polar surface area (TPSA) is 79.6 Å². The lowest BCUT2D eigenvalue weighted by Gasteiger charge is -2.18. The zero-order valence-corrected chi connectivity index (χ0v) is 7.28. The molecule has 0 saturated carbocycles. The van der Waals surface area contributed by atoms with E-state index in [1.807, 2.05) is 0 Å². The second-order valence-electron chi connectivity index (χ2n) is 2.86. The molecule has 0 spiro atoms.